The van der Waals surface area contributed by atoms with Crippen LogP contribution in [0.25, 0.3) is 0 Å². The van der Waals surface area contributed by atoms with Crippen LogP contribution in [0.4, 0.5) is 0 Å². The second kappa shape index (κ2) is 3.35. The zero-order valence-electron chi connectivity index (χ0n) is 7.33. The largest absolute Gasteiger partial charge is 0.444 e. The van der Waals surface area contributed by atoms with E-state index in [1.807, 2.05) is 4.58 Å². The average molecular weight is 168 g/mol. The van der Waals surface area contributed by atoms with Crippen molar-refractivity contribution in [1.82, 2.24) is 0 Å². The van der Waals surface area contributed by atoms with E-state index in [2.05, 4.69) is 11.5 Å². The third-order valence-corrected chi connectivity index (χ3v) is 2.72. The van der Waals surface area contributed by atoms with Crippen molar-refractivity contribution in [2.75, 3.05) is 13.1 Å². The summed E-state index contributed by atoms with van der Waals surface area (Å²) in [4.78, 5) is 11.7. The molecule has 1 unspecified atom stereocenters. The molecule has 0 saturated carbocycles. The van der Waals surface area contributed by atoms with E-state index in [0.29, 0.717) is 5.91 Å². The van der Waals surface area contributed by atoms with Crippen molar-refractivity contribution in [3.63, 3.8) is 0 Å². The number of hydrogen-bond acceptors (Lipinski definition) is 1. The highest BCUT2D eigenvalue weighted by Gasteiger charge is 2.35. The molecule has 2 aliphatic rings. The number of carbonyl (C=O) groups is 1. The Balaban J connectivity index is 1.98. The number of carbonyl (C=O) groups excluding carboxylic acids is 1. The molecule has 0 aromatic carbocycles. The molecule has 0 radical (unpaired) electrons. The Morgan fingerprint density at radius 1 is 1.50 bits per heavy atom. The molecule has 0 aromatic rings. The Hall–Kier alpha value is -0.700. The van der Waals surface area contributed by atoms with Crippen LogP contribution in [0.5, 0.6) is 0 Å². The number of nitrogens with two attached hydrogens (primary N) is 1. The van der Waals surface area contributed by atoms with E-state index in [9.17, 15) is 4.79 Å². The van der Waals surface area contributed by atoms with Crippen LogP contribution in [-0.2, 0) is 4.79 Å². The lowest BCUT2D eigenvalue weighted by atomic mass is 10.2. The summed E-state index contributed by atoms with van der Waals surface area (Å²) in [6.45, 7) is 2.08. The van der Waals surface area contributed by atoms with E-state index >= 15 is 0 Å². The van der Waals surface area contributed by atoms with Gasteiger partial charge in [-0.1, -0.05) is 0 Å². The number of rotatable bonds is 1. The standard InChI is InChI=1S/C9H15N2O/c12-9(8-4-3-5-10-8)11-6-1-2-7-11/h6,8,10H,1-5,7H2/q+1/p+1. The lowest BCUT2D eigenvalue weighted by Crippen LogP contribution is -2.89. The molecule has 2 rings (SSSR count). The fraction of sp³-hybridized carbons (Fsp3) is 0.778. The maximum Gasteiger partial charge on any atom is 0.444 e. The molecule has 12 heavy (non-hydrogen) atoms. The summed E-state index contributed by atoms with van der Waals surface area (Å²) in [5, 5.41) is 2.18. The summed E-state index contributed by atoms with van der Waals surface area (Å²) >= 11 is 0. The van der Waals surface area contributed by atoms with Gasteiger partial charge in [0.15, 0.2) is 6.54 Å². The summed E-state index contributed by atoms with van der Waals surface area (Å²) in [5.41, 5.74) is 0. The summed E-state index contributed by atoms with van der Waals surface area (Å²) in [7, 11) is 0. The number of quaternary nitrogens is 1. The van der Waals surface area contributed by atoms with Crippen LogP contribution >= 0.6 is 0 Å². The SMILES string of the molecule is O=C(C1CCC[NH2+]1)[N+]1=CCCC1. The van der Waals surface area contributed by atoms with Gasteiger partial charge in [0.05, 0.1) is 6.54 Å². The van der Waals surface area contributed by atoms with Crippen LogP contribution in [-0.4, -0.2) is 35.8 Å². The molecule has 66 valence electrons. The van der Waals surface area contributed by atoms with E-state index < -0.39 is 0 Å². The molecule has 0 aromatic heterocycles. The monoisotopic (exact) mass is 168 g/mol. The predicted octanol–water partition coefficient (Wildman–Crippen LogP) is -0.884. The van der Waals surface area contributed by atoms with Gasteiger partial charge in [0.25, 0.3) is 0 Å². The first-order chi connectivity index (χ1) is 5.88. The van der Waals surface area contributed by atoms with Gasteiger partial charge in [0.2, 0.25) is 6.04 Å². The van der Waals surface area contributed by atoms with E-state index in [0.717, 1.165) is 32.4 Å². The zero-order valence-corrected chi connectivity index (χ0v) is 7.33. The molecule has 2 N–H and O–H groups in total. The quantitative estimate of drug-likeness (QED) is 0.507. The molecule has 2 heterocycles. The first kappa shape index (κ1) is 7.92. The normalized spacial score (nSPS) is 29.0. The highest BCUT2D eigenvalue weighted by Crippen LogP contribution is 2.03. The molecule has 1 fully saturated rings. The maximum absolute atomic E-state index is 11.7. The maximum atomic E-state index is 11.7. The van der Waals surface area contributed by atoms with Gasteiger partial charge in [-0.15, -0.1) is 0 Å². The first-order valence-corrected chi connectivity index (χ1v) is 4.85. The van der Waals surface area contributed by atoms with Crippen molar-refractivity contribution in [3.05, 3.63) is 0 Å². The van der Waals surface area contributed by atoms with Crippen molar-refractivity contribution in [1.29, 1.82) is 0 Å². The highest BCUT2D eigenvalue weighted by molar-refractivity contribution is 5.76. The molecule has 0 spiro atoms. The van der Waals surface area contributed by atoms with Crippen LogP contribution in [0.2, 0.25) is 0 Å². The Bertz CT molecular complexity index is 217. The van der Waals surface area contributed by atoms with Gasteiger partial charge in [0, 0.05) is 25.7 Å². The Morgan fingerprint density at radius 2 is 2.42 bits per heavy atom. The Kier molecular flexibility index (Phi) is 2.21. The third kappa shape index (κ3) is 1.41. The molecule has 3 heteroatoms. The number of hydrogen-bond donors (Lipinski definition) is 1. The second-order valence-electron chi connectivity index (χ2n) is 3.63. The first-order valence-electron chi connectivity index (χ1n) is 4.85. The topological polar surface area (TPSA) is 36.7 Å². The lowest BCUT2D eigenvalue weighted by Gasteiger charge is -2.00. The second-order valence-corrected chi connectivity index (χ2v) is 3.63. The van der Waals surface area contributed by atoms with Crippen molar-refractivity contribution in [3.8, 4) is 0 Å². The predicted molar refractivity (Wildman–Crippen MR) is 45.2 cm³/mol. The molecule has 1 atom stereocenters. The number of amides is 1. The minimum atomic E-state index is 0.236. The zero-order chi connectivity index (χ0) is 8.39. The highest BCUT2D eigenvalue weighted by atomic mass is 16.2. The van der Waals surface area contributed by atoms with Crippen molar-refractivity contribution in [2.24, 2.45) is 0 Å². The lowest BCUT2D eigenvalue weighted by molar-refractivity contribution is -0.668. The third-order valence-electron chi connectivity index (χ3n) is 2.72. The molecule has 3 nitrogen and oxygen atoms in total. The Morgan fingerprint density at radius 3 is 3.00 bits per heavy atom. The molecule has 0 bridgehead atoms. The van der Waals surface area contributed by atoms with Gasteiger partial charge in [0.1, 0.15) is 6.21 Å². The van der Waals surface area contributed by atoms with Crippen LogP contribution < -0.4 is 5.32 Å². The summed E-state index contributed by atoms with van der Waals surface area (Å²) in [5.74, 6) is 0.338. The van der Waals surface area contributed by atoms with Gasteiger partial charge >= 0.3 is 5.91 Å². The van der Waals surface area contributed by atoms with Crippen LogP contribution in [0.1, 0.15) is 25.7 Å². The smallest absolute Gasteiger partial charge is 0.332 e. The van der Waals surface area contributed by atoms with Crippen LogP contribution in [0.15, 0.2) is 0 Å². The van der Waals surface area contributed by atoms with Crippen molar-refractivity contribution >= 4 is 12.1 Å². The number of nitrogens with zero attached hydrogens (tertiary/aromatic N) is 1. The molecular formula is C9H16N2O+2. The fourth-order valence-electron chi connectivity index (χ4n) is 2.01. The summed E-state index contributed by atoms with van der Waals surface area (Å²) in [6.07, 6.45) is 6.55. The summed E-state index contributed by atoms with van der Waals surface area (Å²) in [6, 6.07) is 0.236. The van der Waals surface area contributed by atoms with Crippen LogP contribution in [0, 0.1) is 0 Å². The van der Waals surface area contributed by atoms with E-state index in [-0.39, 0.29) is 6.04 Å². The van der Waals surface area contributed by atoms with E-state index in [1.54, 1.807) is 0 Å². The minimum absolute atomic E-state index is 0.236. The molecule has 0 aliphatic carbocycles. The molecule has 1 amide bonds. The summed E-state index contributed by atoms with van der Waals surface area (Å²) < 4.78 is 1.91. The van der Waals surface area contributed by atoms with E-state index in [4.69, 9.17) is 0 Å². The van der Waals surface area contributed by atoms with Gasteiger partial charge in [-0.2, -0.15) is 4.58 Å². The van der Waals surface area contributed by atoms with Gasteiger partial charge < -0.3 is 5.32 Å². The Labute approximate surface area is 72.5 Å². The van der Waals surface area contributed by atoms with Crippen LogP contribution in [0.3, 0.4) is 0 Å². The minimum Gasteiger partial charge on any atom is -0.332 e. The van der Waals surface area contributed by atoms with Gasteiger partial charge in [-0.25, -0.2) is 4.79 Å². The van der Waals surface area contributed by atoms with Gasteiger partial charge in [-0.05, 0) is 0 Å². The van der Waals surface area contributed by atoms with Gasteiger partial charge in [-0.3, -0.25) is 0 Å². The van der Waals surface area contributed by atoms with E-state index in [1.165, 1.54) is 6.42 Å². The van der Waals surface area contributed by atoms with Crippen molar-refractivity contribution < 1.29 is 14.7 Å². The molecule has 2 aliphatic heterocycles. The average Bonchev–Trinajstić information content (AvgIpc) is 2.77. The molecular weight excluding hydrogens is 152 g/mol. The fourth-order valence-corrected chi connectivity index (χ4v) is 2.01. The van der Waals surface area contributed by atoms with Crippen molar-refractivity contribution in [2.45, 2.75) is 31.7 Å². The molecule has 1 saturated heterocycles.